The standard InChI is InChI=1S/C16H16N4OS/c1-2-13-19-20-14(21-13)9-22-16-11-5-3-4-6-12(11)17-15(18-16)10-7-8-10/h3-6,10H,2,7-9H2,1H3. The second-order valence-electron chi connectivity index (χ2n) is 5.41. The number of thioether (sulfide) groups is 1. The number of aryl methyl sites for hydroxylation is 1. The lowest BCUT2D eigenvalue weighted by molar-refractivity contribution is 0.470. The first-order valence-electron chi connectivity index (χ1n) is 7.54. The molecule has 22 heavy (non-hydrogen) atoms. The summed E-state index contributed by atoms with van der Waals surface area (Å²) in [7, 11) is 0. The summed E-state index contributed by atoms with van der Waals surface area (Å²) in [4.78, 5) is 9.46. The molecule has 2 aromatic heterocycles. The normalized spacial score (nSPS) is 14.6. The van der Waals surface area contributed by atoms with Gasteiger partial charge in [0, 0.05) is 17.7 Å². The quantitative estimate of drug-likeness (QED) is 0.528. The highest BCUT2D eigenvalue weighted by Gasteiger charge is 2.27. The van der Waals surface area contributed by atoms with E-state index in [0.29, 0.717) is 23.5 Å². The van der Waals surface area contributed by atoms with E-state index in [1.807, 2.05) is 19.1 Å². The minimum Gasteiger partial charge on any atom is -0.424 e. The molecule has 2 heterocycles. The van der Waals surface area contributed by atoms with Crippen molar-refractivity contribution >= 4 is 22.7 Å². The second-order valence-corrected chi connectivity index (χ2v) is 6.37. The van der Waals surface area contributed by atoms with Gasteiger partial charge in [0.1, 0.15) is 10.9 Å². The van der Waals surface area contributed by atoms with Crippen LogP contribution >= 0.6 is 11.8 Å². The molecule has 3 aromatic rings. The fourth-order valence-corrected chi connectivity index (χ4v) is 3.18. The second kappa shape index (κ2) is 5.68. The van der Waals surface area contributed by atoms with Gasteiger partial charge >= 0.3 is 0 Å². The number of fused-ring (bicyclic) bond motifs is 1. The Labute approximate surface area is 132 Å². The lowest BCUT2D eigenvalue weighted by Crippen LogP contribution is -1.96. The fourth-order valence-electron chi connectivity index (χ4n) is 2.32. The van der Waals surface area contributed by atoms with E-state index in [1.165, 1.54) is 12.8 Å². The van der Waals surface area contributed by atoms with Crippen molar-refractivity contribution in [2.24, 2.45) is 0 Å². The first-order chi connectivity index (χ1) is 10.8. The van der Waals surface area contributed by atoms with E-state index in [-0.39, 0.29) is 0 Å². The molecule has 0 aliphatic heterocycles. The van der Waals surface area contributed by atoms with Gasteiger partial charge in [0.15, 0.2) is 0 Å². The SMILES string of the molecule is CCc1nnc(CSc2nc(C3CC3)nc3ccccc23)o1. The summed E-state index contributed by atoms with van der Waals surface area (Å²) in [5, 5.41) is 10.2. The van der Waals surface area contributed by atoms with Crippen molar-refractivity contribution in [1.29, 1.82) is 0 Å². The highest BCUT2D eigenvalue weighted by atomic mass is 32.2. The molecular weight excluding hydrogens is 296 g/mol. The van der Waals surface area contributed by atoms with Crippen molar-refractivity contribution < 1.29 is 4.42 Å². The molecule has 0 amide bonds. The van der Waals surface area contributed by atoms with Crippen LogP contribution in [0.5, 0.6) is 0 Å². The molecule has 1 aliphatic rings. The topological polar surface area (TPSA) is 64.7 Å². The first kappa shape index (κ1) is 13.7. The fraction of sp³-hybridized carbons (Fsp3) is 0.375. The minimum atomic E-state index is 0.541. The van der Waals surface area contributed by atoms with Crippen LogP contribution in [-0.2, 0) is 12.2 Å². The molecule has 1 fully saturated rings. The Hall–Kier alpha value is -1.95. The average Bonchev–Trinajstić information content (AvgIpc) is 3.31. The van der Waals surface area contributed by atoms with Crippen LogP contribution in [0.1, 0.15) is 43.3 Å². The minimum absolute atomic E-state index is 0.541. The summed E-state index contributed by atoms with van der Waals surface area (Å²) in [6, 6.07) is 8.16. The van der Waals surface area contributed by atoms with Gasteiger partial charge in [-0.15, -0.1) is 10.2 Å². The Morgan fingerprint density at radius 3 is 2.73 bits per heavy atom. The van der Waals surface area contributed by atoms with Gasteiger partial charge in [-0.2, -0.15) is 0 Å². The van der Waals surface area contributed by atoms with Crippen LogP contribution in [0.15, 0.2) is 33.7 Å². The summed E-state index contributed by atoms with van der Waals surface area (Å²) in [5.74, 6) is 3.48. The molecule has 0 atom stereocenters. The van der Waals surface area contributed by atoms with Crippen molar-refractivity contribution in [1.82, 2.24) is 20.2 Å². The van der Waals surface area contributed by atoms with Gasteiger partial charge in [-0.1, -0.05) is 36.9 Å². The highest BCUT2D eigenvalue weighted by Crippen LogP contribution is 2.40. The van der Waals surface area contributed by atoms with Crippen molar-refractivity contribution in [3.8, 4) is 0 Å². The molecule has 112 valence electrons. The molecule has 1 aliphatic carbocycles. The van der Waals surface area contributed by atoms with E-state index in [9.17, 15) is 0 Å². The van der Waals surface area contributed by atoms with Crippen molar-refractivity contribution in [2.75, 3.05) is 0 Å². The number of hydrogen-bond acceptors (Lipinski definition) is 6. The summed E-state index contributed by atoms with van der Waals surface area (Å²) >= 11 is 1.64. The number of benzene rings is 1. The van der Waals surface area contributed by atoms with Gasteiger partial charge in [0.05, 0.1) is 11.3 Å². The Balaban J connectivity index is 1.64. The number of aromatic nitrogens is 4. The van der Waals surface area contributed by atoms with Gasteiger partial charge in [0.2, 0.25) is 11.8 Å². The number of nitrogens with zero attached hydrogens (tertiary/aromatic N) is 4. The van der Waals surface area contributed by atoms with Crippen molar-refractivity contribution in [3.05, 3.63) is 41.9 Å². The largest absolute Gasteiger partial charge is 0.424 e. The molecule has 4 rings (SSSR count). The van der Waals surface area contributed by atoms with E-state index in [4.69, 9.17) is 14.4 Å². The van der Waals surface area contributed by atoms with Crippen LogP contribution in [0, 0.1) is 0 Å². The molecule has 6 heteroatoms. The van der Waals surface area contributed by atoms with Crippen LogP contribution in [-0.4, -0.2) is 20.2 Å². The smallest absolute Gasteiger partial charge is 0.226 e. The molecule has 1 aromatic carbocycles. The Morgan fingerprint density at radius 1 is 1.14 bits per heavy atom. The molecule has 1 saturated carbocycles. The van der Waals surface area contributed by atoms with Crippen LogP contribution in [0.25, 0.3) is 10.9 Å². The third-order valence-electron chi connectivity index (χ3n) is 3.67. The van der Waals surface area contributed by atoms with Crippen LogP contribution in [0.2, 0.25) is 0 Å². The van der Waals surface area contributed by atoms with Crippen molar-refractivity contribution in [3.63, 3.8) is 0 Å². The monoisotopic (exact) mass is 312 g/mol. The maximum absolute atomic E-state index is 5.57. The Kier molecular flexibility index (Phi) is 3.54. The molecule has 0 saturated heterocycles. The van der Waals surface area contributed by atoms with E-state index >= 15 is 0 Å². The summed E-state index contributed by atoms with van der Waals surface area (Å²) < 4.78 is 5.57. The number of rotatable bonds is 5. The predicted octanol–water partition coefficient (Wildman–Crippen LogP) is 3.74. The maximum Gasteiger partial charge on any atom is 0.226 e. The van der Waals surface area contributed by atoms with Gasteiger partial charge in [-0.25, -0.2) is 9.97 Å². The molecule has 0 spiro atoms. The van der Waals surface area contributed by atoms with Gasteiger partial charge < -0.3 is 4.42 Å². The van der Waals surface area contributed by atoms with Crippen LogP contribution in [0.3, 0.4) is 0 Å². The first-order valence-corrected chi connectivity index (χ1v) is 8.53. The van der Waals surface area contributed by atoms with Gasteiger partial charge in [-0.3, -0.25) is 0 Å². The lowest BCUT2D eigenvalue weighted by Gasteiger charge is -2.06. The van der Waals surface area contributed by atoms with Crippen LogP contribution in [0.4, 0.5) is 0 Å². The molecule has 0 radical (unpaired) electrons. The Morgan fingerprint density at radius 2 is 1.95 bits per heavy atom. The Bertz CT molecular complexity index is 813. The van der Waals surface area contributed by atoms with E-state index < -0.39 is 0 Å². The van der Waals surface area contributed by atoms with Gasteiger partial charge in [0.25, 0.3) is 0 Å². The average molecular weight is 312 g/mol. The molecule has 0 unspecified atom stereocenters. The molecule has 0 bridgehead atoms. The zero-order chi connectivity index (χ0) is 14.9. The zero-order valence-electron chi connectivity index (χ0n) is 12.3. The number of para-hydroxylation sites is 1. The highest BCUT2D eigenvalue weighted by molar-refractivity contribution is 7.98. The summed E-state index contributed by atoms with van der Waals surface area (Å²) in [6.45, 7) is 2.00. The third kappa shape index (κ3) is 2.70. The molecule has 5 nitrogen and oxygen atoms in total. The van der Waals surface area contributed by atoms with Crippen LogP contribution < -0.4 is 0 Å². The predicted molar refractivity (Wildman–Crippen MR) is 84.8 cm³/mol. The maximum atomic E-state index is 5.57. The lowest BCUT2D eigenvalue weighted by atomic mass is 10.2. The van der Waals surface area contributed by atoms with Crippen molar-refractivity contribution in [2.45, 2.75) is 42.9 Å². The third-order valence-corrected chi connectivity index (χ3v) is 4.65. The zero-order valence-corrected chi connectivity index (χ0v) is 13.1. The van der Waals surface area contributed by atoms with E-state index in [0.717, 1.165) is 28.2 Å². The van der Waals surface area contributed by atoms with E-state index in [2.05, 4.69) is 22.3 Å². The van der Waals surface area contributed by atoms with Gasteiger partial charge in [-0.05, 0) is 18.9 Å². The van der Waals surface area contributed by atoms with E-state index in [1.54, 1.807) is 11.8 Å². The number of hydrogen-bond donors (Lipinski definition) is 0. The summed E-state index contributed by atoms with van der Waals surface area (Å²) in [5.41, 5.74) is 1.02. The summed E-state index contributed by atoms with van der Waals surface area (Å²) in [6.07, 6.45) is 3.16. The molecule has 0 N–H and O–H groups in total. The molecular formula is C16H16N4OS.